The zero-order chi connectivity index (χ0) is 12.7. The number of hydrogen-bond donors (Lipinski definition) is 2. The Morgan fingerprint density at radius 1 is 1.29 bits per heavy atom. The predicted molar refractivity (Wildman–Crippen MR) is 61.5 cm³/mol. The number of nitrogens with one attached hydrogen (secondary N) is 2. The molecular weight excluding hydrogens is 224 g/mol. The van der Waals surface area contributed by atoms with Crippen molar-refractivity contribution in [3.63, 3.8) is 0 Å². The molecule has 2 unspecified atom stereocenters. The maximum Gasteiger partial charge on any atom is 0.324 e. The van der Waals surface area contributed by atoms with E-state index in [0.717, 1.165) is 13.1 Å². The van der Waals surface area contributed by atoms with Gasteiger partial charge in [0, 0.05) is 25.6 Å². The molecule has 0 aromatic heterocycles. The van der Waals surface area contributed by atoms with Gasteiger partial charge in [-0.05, 0) is 13.3 Å². The monoisotopic (exact) mass is 244 g/mol. The summed E-state index contributed by atoms with van der Waals surface area (Å²) >= 11 is 0. The lowest BCUT2D eigenvalue weighted by Gasteiger charge is -2.31. The Kier molecular flexibility index (Phi) is 5.93. The van der Waals surface area contributed by atoms with Crippen molar-refractivity contribution in [2.45, 2.75) is 31.8 Å². The van der Waals surface area contributed by atoms with Crippen LogP contribution in [0.3, 0.4) is 0 Å². The minimum atomic E-state index is -0.386. The number of rotatable bonds is 5. The van der Waals surface area contributed by atoms with Crippen molar-refractivity contribution in [3.05, 3.63) is 0 Å². The van der Waals surface area contributed by atoms with E-state index in [9.17, 15) is 9.59 Å². The molecule has 1 rings (SSSR count). The highest BCUT2D eigenvalue weighted by molar-refractivity contribution is 5.77. The van der Waals surface area contributed by atoms with E-state index in [0.29, 0.717) is 19.4 Å². The molecule has 1 heterocycles. The molecule has 0 aromatic rings. The molecule has 0 aliphatic carbocycles. The van der Waals surface area contributed by atoms with Gasteiger partial charge in [-0.2, -0.15) is 0 Å². The number of carbonyl (C=O) groups excluding carboxylic acids is 2. The average Bonchev–Trinajstić information content (AvgIpc) is 2.36. The van der Waals surface area contributed by atoms with E-state index in [1.807, 2.05) is 0 Å². The summed E-state index contributed by atoms with van der Waals surface area (Å²) in [5, 5.41) is 6.30. The second-order valence-electron chi connectivity index (χ2n) is 3.86. The van der Waals surface area contributed by atoms with Crippen LogP contribution in [0.15, 0.2) is 0 Å². The molecule has 0 amide bonds. The molecule has 0 radical (unpaired) electrons. The number of piperazine rings is 1. The van der Waals surface area contributed by atoms with Gasteiger partial charge in [0.25, 0.3) is 0 Å². The number of ether oxygens (including phenoxy) is 2. The fourth-order valence-corrected chi connectivity index (χ4v) is 1.90. The van der Waals surface area contributed by atoms with Gasteiger partial charge in [0.1, 0.15) is 6.04 Å². The standard InChI is InChI=1S/C11H20N2O4/c1-3-17-9(14)5-4-8-10(11(15)16-2)13-7-6-12-8/h8,10,12-13H,3-7H2,1-2H3. The minimum absolute atomic E-state index is 0.0828. The van der Waals surface area contributed by atoms with Crippen LogP contribution in [-0.4, -0.2) is 50.8 Å². The van der Waals surface area contributed by atoms with E-state index in [2.05, 4.69) is 10.6 Å². The molecule has 0 saturated carbocycles. The number of esters is 2. The number of hydrogen-bond acceptors (Lipinski definition) is 6. The van der Waals surface area contributed by atoms with Gasteiger partial charge in [0.2, 0.25) is 0 Å². The summed E-state index contributed by atoms with van der Waals surface area (Å²) in [7, 11) is 1.36. The first-order valence-corrected chi connectivity index (χ1v) is 5.89. The van der Waals surface area contributed by atoms with E-state index in [1.54, 1.807) is 6.92 Å². The van der Waals surface area contributed by atoms with Crippen molar-refractivity contribution in [2.75, 3.05) is 26.8 Å². The van der Waals surface area contributed by atoms with Gasteiger partial charge >= 0.3 is 11.9 Å². The topological polar surface area (TPSA) is 76.7 Å². The van der Waals surface area contributed by atoms with Crippen molar-refractivity contribution in [3.8, 4) is 0 Å². The second-order valence-corrected chi connectivity index (χ2v) is 3.86. The first-order valence-electron chi connectivity index (χ1n) is 5.89. The molecule has 6 heteroatoms. The maximum absolute atomic E-state index is 11.5. The van der Waals surface area contributed by atoms with Crippen LogP contribution in [0.5, 0.6) is 0 Å². The van der Waals surface area contributed by atoms with Crippen LogP contribution in [0.1, 0.15) is 19.8 Å². The number of carbonyl (C=O) groups is 2. The quantitative estimate of drug-likeness (QED) is 0.631. The summed E-state index contributed by atoms with van der Waals surface area (Å²) in [6, 6.07) is -0.469. The van der Waals surface area contributed by atoms with E-state index >= 15 is 0 Å². The molecule has 0 aromatic carbocycles. The van der Waals surface area contributed by atoms with Gasteiger partial charge in [-0.25, -0.2) is 0 Å². The van der Waals surface area contributed by atoms with Crippen molar-refractivity contribution >= 4 is 11.9 Å². The van der Waals surface area contributed by atoms with Gasteiger partial charge in [-0.3, -0.25) is 9.59 Å². The zero-order valence-corrected chi connectivity index (χ0v) is 10.3. The summed E-state index contributed by atoms with van der Waals surface area (Å²) in [4.78, 5) is 22.8. The second kappa shape index (κ2) is 7.24. The fraction of sp³-hybridized carbons (Fsp3) is 0.818. The third kappa shape index (κ3) is 4.32. The molecular formula is C11H20N2O4. The molecule has 98 valence electrons. The summed E-state index contributed by atoms with van der Waals surface area (Å²) in [5.41, 5.74) is 0. The summed E-state index contributed by atoms with van der Waals surface area (Å²) in [6.45, 7) is 3.65. The lowest BCUT2D eigenvalue weighted by atomic mass is 10.0. The maximum atomic E-state index is 11.5. The van der Waals surface area contributed by atoms with E-state index in [-0.39, 0.29) is 24.0 Å². The SMILES string of the molecule is CCOC(=O)CCC1NCCNC1C(=O)OC. The highest BCUT2D eigenvalue weighted by Gasteiger charge is 2.31. The van der Waals surface area contributed by atoms with Crippen LogP contribution in [0.25, 0.3) is 0 Å². The Balaban J connectivity index is 2.42. The highest BCUT2D eigenvalue weighted by atomic mass is 16.5. The Morgan fingerprint density at radius 2 is 2.00 bits per heavy atom. The Hall–Kier alpha value is -1.14. The Bertz CT molecular complexity index is 270. The first-order chi connectivity index (χ1) is 8.19. The molecule has 17 heavy (non-hydrogen) atoms. The lowest BCUT2D eigenvalue weighted by Crippen LogP contribution is -2.59. The van der Waals surface area contributed by atoms with E-state index < -0.39 is 0 Å². The van der Waals surface area contributed by atoms with Crippen LogP contribution in [0.2, 0.25) is 0 Å². The van der Waals surface area contributed by atoms with E-state index in [1.165, 1.54) is 7.11 Å². The molecule has 1 aliphatic rings. The lowest BCUT2D eigenvalue weighted by molar-refractivity contribution is -0.146. The molecule has 1 aliphatic heterocycles. The summed E-state index contributed by atoms with van der Waals surface area (Å²) in [5.74, 6) is -0.533. The highest BCUT2D eigenvalue weighted by Crippen LogP contribution is 2.08. The van der Waals surface area contributed by atoms with Crippen LogP contribution < -0.4 is 10.6 Å². The van der Waals surface area contributed by atoms with Gasteiger partial charge in [-0.1, -0.05) is 0 Å². The molecule has 2 N–H and O–H groups in total. The summed E-state index contributed by atoms with van der Waals surface area (Å²) < 4.78 is 9.57. The molecule has 1 fully saturated rings. The molecule has 0 spiro atoms. The van der Waals surface area contributed by atoms with Gasteiger partial charge in [0.05, 0.1) is 13.7 Å². The molecule has 2 atom stereocenters. The fourth-order valence-electron chi connectivity index (χ4n) is 1.90. The van der Waals surface area contributed by atoms with Gasteiger partial charge in [0.15, 0.2) is 0 Å². The zero-order valence-electron chi connectivity index (χ0n) is 10.3. The summed E-state index contributed by atoms with van der Waals surface area (Å²) in [6.07, 6.45) is 0.867. The normalized spacial score (nSPS) is 24.1. The molecule has 1 saturated heterocycles. The van der Waals surface area contributed by atoms with Gasteiger partial charge < -0.3 is 20.1 Å². The van der Waals surface area contributed by atoms with Crippen molar-refractivity contribution in [1.82, 2.24) is 10.6 Å². The Labute approximate surface area is 101 Å². The third-order valence-electron chi connectivity index (χ3n) is 2.72. The van der Waals surface area contributed by atoms with Crippen molar-refractivity contribution < 1.29 is 19.1 Å². The predicted octanol–water partition coefficient (Wildman–Crippen LogP) is -0.567. The smallest absolute Gasteiger partial charge is 0.324 e. The van der Waals surface area contributed by atoms with Crippen LogP contribution >= 0.6 is 0 Å². The number of methoxy groups -OCH3 is 1. The minimum Gasteiger partial charge on any atom is -0.468 e. The van der Waals surface area contributed by atoms with Crippen LogP contribution in [-0.2, 0) is 19.1 Å². The van der Waals surface area contributed by atoms with E-state index in [4.69, 9.17) is 9.47 Å². The van der Waals surface area contributed by atoms with Crippen molar-refractivity contribution in [1.29, 1.82) is 0 Å². The van der Waals surface area contributed by atoms with Crippen LogP contribution in [0.4, 0.5) is 0 Å². The third-order valence-corrected chi connectivity index (χ3v) is 2.72. The average molecular weight is 244 g/mol. The Morgan fingerprint density at radius 3 is 2.65 bits per heavy atom. The molecule has 0 bridgehead atoms. The van der Waals surface area contributed by atoms with Crippen molar-refractivity contribution in [2.24, 2.45) is 0 Å². The largest absolute Gasteiger partial charge is 0.468 e. The first kappa shape index (κ1) is 13.9. The van der Waals surface area contributed by atoms with Crippen LogP contribution in [0, 0.1) is 0 Å². The van der Waals surface area contributed by atoms with Gasteiger partial charge in [-0.15, -0.1) is 0 Å². The molecule has 6 nitrogen and oxygen atoms in total.